The Kier molecular flexibility index (Phi) is 29.4. The number of esters is 1. The molecule has 9 rings (SSSR count). The summed E-state index contributed by atoms with van der Waals surface area (Å²) in [7, 11) is -3.93. The molecule has 2 fully saturated rings. The summed E-state index contributed by atoms with van der Waals surface area (Å²) in [5.41, 5.74) is 20.7. The maximum Gasteiger partial charge on any atom is 0.313 e. The molecule has 0 unspecified atom stereocenters. The number of hydrogen-bond acceptors (Lipinski definition) is 19. The summed E-state index contributed by atoms with van der Waals surface area (Å²) in [6, 6.07) is 21.1. The average molecular weight is 1490 g/mol. The van der Waals surface area contributed by atoms with E-state index in [1.165, 1.54) is 14.7 Å². The van der Waals surface area contributed by atoms with Crippen LogP contribution in [0.25, 0.3) is 34.4 Å². The van der Waals surface area contributed by atoms with Gasteiger partial charge in [0, 0.05) is 145 Å². The van der Waals surface area contributed by atoms with E-state index >= 15 is 0 Å². The number of carbonyl (C=O) groups is 4. The van der Waals surface area contributed by atoms with E-state index in [0.717, 1.165) is 47.9 Å². The number of carboxylic acids is 1. The fourth-order valence-corrected chi connectivity index (χ4v) is 15.5. The summed E-state index contributed by atoms with van der Waals surface area (Å²) in [6.45, 7) is 13.5. The second-order valence-electron chi connectivity index (χ2n) is 26.3. The Morgan fingerprint density at radius 1 is 0.548 bits per heavy atom. The molecule has 4 heterocycles. The standard InChI is InChI=1S/C40H47F4N5O7S.C34H47N5O7S/c1-4-11-48(12-5-2)40(52)29-16-27-7-6-26(17-34(27)46-35(45)18-29)31-19-30(57(53,54)49-21-25(22-49)24-50)9-8-28(31)23-47(3)13-15-55-14-10-36(51)56-39-37(43)32(41)20-33(42)38(39)44;1-4-11-38(12-5-2)34(43)28-16-26-7-6-25(17-31(26)36-32(35)18-28)30-19-29(47(44,45)39-20-24(21-39)23-40)9-8-27(30)22-37(3)13-15-46-14-10-33(41)42/h6-9,16-17,19-20,25,50H,4-5,10-15,18,21-24H2,1-3H3,(H2,45,46);6-9,16-17,19,24,40H,4-5,10-15,18,20-23H2,1-3H3,(H2,35,36)(H,41,42). The lowest BCUT2D eigenvalue weighted by atomic mass is 9.96. The molecule has 564 valence electrons. The Hall–Kier alpha value is -8.30. The van der Waals surface area contributed by atoms with E-state index in [1.54, 1.807) is 43.5 Å². The molecule has 2 saturated heterocycles. The number of sulfonamides is 2. The molecule has 0 spiro atoms. The molecule has 4 aliphatic rings. The molecular formula is C74H94F4N10O14S2. The third-order valence-corrected chi connectivity index (χ3v) is 21.5. The number of nitrogens with zero attached hydrogens (tertiary/aromatic N) is 8. The minimum atomic E-state index is -3.87. The first-order chi connectivity index (χ1) is 49.6. The highest BCUT2D eigenvalue weighted by atomic mass is 32.2. The Labute approximate surface area is 605 Å². The number of amides is 2. The van der Waals surface area contributed by atoms with Crippen molar-refractivity contribution in [2.75, 3.05) is 119 Å². The van der Waals surface area contributed by atoms with Gasteiger partial charge in [0.2, 0.25) is 49.2 Å². The monoisotopic (exact) mass is 1490 g/mol. The number of carboxylic acid groups (broad SMARTS) is 1. The van der Waals surface area contributed by atoms with Gasteiger partial charge in [-0.15, -0.1) is 0 Å². The number of benzene rings is 5. The van der Waals surface area contributed by atoms with E-state index < -0.39 is 67.4 Å². The van der Waals surface area contributed by atoms with Gasteiger partial charge < -0.3 is 50.8 Å². The largest absolute Gasteiger partial charge is 0.481 e. The van der Waals surface area contributed by atoms with Crippen LogP contribution >= 0.6 is 0 Å². The molecule has 2 amide bonds. The smallest absolute Gasteiger partial charge is 0.313 e. The maximum absolute atomic E-state index is 13.9. The molecular weight excluding hydrogens is 1390 g/mol. The van der Waals surface area contributed by atoms with E-state index in [9.17, 15) is 63.8 Å². The SMILES string of the molecule is CCCN(CCC)C(=O)C1=Cc2ccc(-c3cc(S(=O)(=O)N4CC(CO)C4)ccc3CN(C)CCOCCC(=O)O)cc2N=C(N)C1.CCCN(CCC)C(=O)C1=Cc2ccc(-c3cc(S(=O)(=O)N4CC(CO)C4)ccc3CN(C)CCOCCC(=O)Oc3c(F)c(F)cc(F)c3F)cc2N=C(N)C1. The van der Waals surface area contributed by atoms with Crippen LogP contribution in [0, 0.1) is 35.1 Å². The van der Waals surface area contributed by atoms with Crippen LogP contribution in [-0.4, -0.2) is 215 Å². The lowest BCUT2D eigenvalue weighted by molar-refractivity contribution is -0.138. The van der Waals surface area contributed by atoms with Gasteiger partial charge in [-0.05, 0) is 122 Å². The zero-order valence-corrected chi connectivity index (χ0v) is 61.2. The van der Waals surface area contributed by atoms with Gasteiger partial charge in [0.15, 0.2) is 11.6 Å². The summed E-state index contributed by atoms with van der Waals surface area (Å²) in [6.07, 6.45) is 6.88. The summed E-state index contributed by atoms with van der Waals surface area (Å²) in [5.74, 6) is -10.3. The van der Waals surface area contributed by atoms with Crippen molar-refractivity contribution in [3.8, 4) is 28.0 Å². The van der Waals surface area contributed by atoms with Crippen molar-refractivity contribution < 1.29 is 83.1 Å². The molecule has 7 N–H and O–H groups in total. The first-order valence-corrected chi connectivity index (χ1v) is 37.7. The molecule has 5 aromatic carbocycles. The minimum absolute atomic E-state index is 0.00775. The topological polar surface area (TPSA) is 321 Å². The number of likely N-dealkylation sites (N-methyl/N-ethyl adjacent to an activating group) is 2. The zero-order valence-electron chi connectivity index (χ0n) is 59.6. The quantitative estimate of drug-likeness (QED) is 0.00832. The van der Waals surface area contributed by atoms with Gasteiger partial charge in [-0.3, -0.25) is 29.0 Å². The number of rotatable bonds is 35. The first-order valence-electron chi connectivity index (χ1n) is 34.8. The Bertz CT molecular complexity index is 4240. The first kappa shape index (κ1) is 81.4. The summed E-state index contributed by atoms with van der Waals surface area (Å²) in [4.78, 5) is 67.0. The number of hydrogen-bond donors (Lipinski definition) is 5. The normalized spacial score (nSPS) is 15.1. The molecule has 0 aromatic heterocycles. The van der Waals surface area contributed by atoms with Gasteiger partial charge in [-0.25, -0.2) is 35.6 Å². The van der Waals surface area contributed by atoms with Crippen molar-refractivity contribution >= 4 is 79.0 Å². The van der Waals surface area contributed by atoms with Crippen molar-refractivity contribution in [3.05, 3.63) is 136 Å². The van der Waals surface area contributed by atoms with Crippen molar-refractivity contribution in [1.82, 2.24) is 28.2 Å². The highest BCUT2D eigenvalue weighted by Gasteiger charge is 2.38. The molecule has 104 heavy (non-hydrogen) atoms. The summed E-state index contributed by atoms with van der Waals surface area (Å²) >= 11 is 0. The number of halogens is 4. The number of aliphatic carboxylic acids is 1. The fourth-order valence-electron chi connectivity index (χ4n) is 12.2. The number of aliphatic hydroxyl groups excluding tert-OH is 2. The minimum Gasteiger partial charge on any atom is -0.481 e. The lowest BCUT2D eigenvalue weighted by Gasteiger charge is -2.37. The van der Waals surface area contributed by atoms with Crippen LogP contribution < -0.4 is 16.2 Å². The number of amidine groups is 2. The van der Waals surface area contributed by atoms with E-state index in [4.69, 9.17) is 26.0 Å². The lowest BCUT2D eigenvalue weighted by Crippen LogP contribution is -2.51. The van der Waals surface area contributed by atoms with Crippen LogP contribution in [0.15, 0.2) is 110 Å². The molecule has 5 aromatic rings. The van der Waals surface area contributed by atoms with E-state index in [2.05, 4.69) is 14.7 Å². The molecule has 0 radical (unpaired) electrons. The predicted molar refractivity (Wildman–Crippen MR) is 388 cm³/mol. The second-order valence-corrected chi connectivity index (χ2v) is 30.2. The van der Waals surface area contributed by atoms with Crippen LogP contribution in [-0.2, 0) is 61.8 Å². The average Bonchev–Trinajstić information content (AvgIpc) is 1.10. The molecule has 0 aliphatic carbocycles. The van der Waals surface area contributed by atoms with Crippen LogP contribution in [0.5, 0.6) is 5.75 Å². The van der Waals surface area contributed by atoms with Crippen molar-refractivity contribution in [2.45, 2.75) is 102 Å². The number of carbonyl (C=O) groups excluding carboxylic acids is 3. The van der Waals surface area contributed by atoms with Crippen LogP contribution in [0.3, 0.4) is 0 Å². The third kappa shape index (κ3) is 21.0. The molecule has 24 nitrogen and oxygen atoms in total. The van der Waals surface area contributed by atoms with Gasteiger partial charge in [0.25, 0.3) is 0 Å². The van der Waals surface area contributed by atoms with Crippen LogP contribution in [0.1, 0.15) is 101 Å². The summed E-state index contributed by atoms with van der Waals surface area (Å²) in [5, 5.41) is 27.7. The number of fused-ring (bicyclic) bond motifs is 2. The summed E-state index contributed by atoms with van der Waals surface area (Å²) < 4.78 is 127. The van der Waals surface area contributed by atoms with Crippen molar-refractivity contribution in [1.29, 1.82) is 0 Å². The van der Waals surface area contributed by atoms with E-state index in [0.29, 0.717) is 110 Å². The molecule has 0 saturated carbocycles. The molecule has 0 atom stereocenters. The van der Waals surface area contributed by atoms with E-state index in [-0.39, 0.29) is 124 Å². The highest BCUT2D eigenvalue weighted by Crippen LogP contribution is 2.39. The molecule has 0 bridgehead atoms. The number of nitrogens with two attached hydrogens (primary N) is 2. The number of aliphatic hydroxyl groups is 2. The van der Waals surface area contributed by atoms with Gasteiger partial charge in [0.1, 0.15) is 11.7 Å². The van der Waals surface area contributed by atoms with E-state index in [1.807, 2.05) is 96.8 Å². The zero-order chi connectivity index (χ0) is 75.6. The molecule has 4 aliphatic heterocycles. The Morgan fingerprint density at radius 2 is 0.942 bits per heavy atom. The third-order valence-electron chi connectivity index (χ3n) is 17.8. The van der Waals surface area contributed by atoms with Crippen molar-refractivity contribution in [3.63, 3.8) is 0 Å². The van der Waals surface area contributed by atoms with Crippen molar-refractivity contribution in [2.24, 2.45) is 33.3 Å². The Balaban J connectivity index is 0.000000268. The second kappa shape index (κ2) is 37.6. The number of ether oxygens (including phenoxy) is 3. The van der Waals surface area contributed by atoms with Gasteiger partial charge in [-0.2, -0.15) is 17.4 Å². The van der Waals surface area contributed by atoms with Gasteiger partial charge in [-0.1, -0.05) is 64.1 Å². The molecule has 30 heteroatoms. The number of aliphatic imine (C=N–C) groups is 2. The van der Waals surface area contributed by atoms with Gasteiger partial charge >= 0.3 is 11.9 Å². The van der Waals surface area contributed by atoms with Crippen LogP contribution in [0.4, 0.5) is 28.9 Å². The van der Waals surface area contributed by atoms with Crippen LogP contribution in [0.2, 0.25) is 0 Å². The van der Waals surface area contributed by atoms with Gasteiger partial charge in [0.05, 0.1) is 60.4 Å². The fraction of sp³-hybridized carbons (Fsp3) is 0.459. The predicted octanol–water partition coefficient (Wildman–Crippen LogP) is 8.71. The Morgan fingerprint density at radius 3 is 1.32 bits per heavy atom. The highest BCUT2D eigenvalue weighted by molar-refractivity contribution is 7.89. The maximum atomic E-state index is 13.9.